The van der Waals surface area contributed by atoms with Crippen LogP contribution in [-0.2, 0) is 4.52 Å². The molecule has 0 aliphatic rings. The van der Waals surface area contributed by atoms with Crippen LogP contribution < -0.4 is 0 Å². The third-order valence-electron chi connectivity index (χ3n) is 0.581. The molecule has 0 saturated carbocycles. The summed E-state index contributed by atoms with van der Waals surface area (Å²) in [7, 11) is -1.22. The van der Waals surface area contributed by atoms with Gasteiger partial charge in [-0.3, -0.25) is 0 Å². The summed E-state index contributed by atoms with van der Waals surface area (Å²) in [6.45, 7) is 2.19. The first-order chi connectivity index (χ1) is 3.77. The normalized spacial score (nSPS) is 13.9. The fourth-order valence-corrected chi connectivity index (χ4v) is 0.655. The zero-order valence-corrected chi connectivity index (χ0v) is 5.77. The predicted molar refractivity (Wildman–Crippen MR) is 32.7 cm³/mol. The second-order valence-electron chi connectivity index (χ2n) is 1.37. The van der Waals surface area contributed by atoms with Crippen molar-refractivity contribution in [2.75, 3.05) is 19.9 Å². The highest BCUT2D eigenvalue weighted by atomic mass is 31.2. The smallest absolute Gasteiger partial charge is 0.164 e. The number of hydrogen-bond donors (Lipinski definition) is 2. The van der Waals surface area contributed by atoms with Crippen molar-refractivity contribution in [3.63, 3.8) is 0 Å². The van der Waals surface area contributed by atoms with E-state index in [0.717, 1.165) is 0 Å². The van der Waals surface area contributed by atoms with Gasteiger partial charge in [-0.25, -0.2) is 0 Å². The van der Waals surface area contributed by atoms with Crippen molar-refractivity contribution in [2.24, 2.45) is 0 Å². The SMILES string of the molecule is CP(O)OCCCO. The molecule has 0 amide bonds. The number of rotatable bonds is 4. The molecule has 0 aromatic rings. The molecule has 0 aliphatic carbocycles. The second kappa shape index (κ2) is 5.45. The van der Waals surface area contributed by atoms with Gasteiger partial charge in [-0.1, -0.05) is 0 Å². The summed E-state index contributed by atoms with van der Waals surface area (Å²) in [4.78, 5) is 8.54. The average Bonchev–Trinajstić information content (AvgIpc) is 1.66. The van der Waals surface area contributed by atoms with E-state index in [1.165, 1.54) is 0 Å². The van der Waals surface area contributed by atoms with Crippen molar-refractivity contribution in [3.8, 4) is 0 Å². The highest BCUT2D eigenvalue weighted by Crippen LogP contribution is 2.24. The first-order valence-electron chi connectivity index (χ1n) is 2.43. The molecule has 50 valence electrons. The predicted octanol–water partition coefficient (Wildman–Crippen LogP) is 0.319. The Morgan fingerprint density at radius 3 is 2.62 bits per heavy atom. The van der Waals surface area contributed by atoms with Gasteiger partial charge in [-0.2, -0.15) is 0 Å². The van der Waals surface area contributed by atoms with E-state index in [0.29, 0.717) is 13.0 Å². The maximum atomic E-state index is 8.54. The Balaban J connectivity index is 2.72. The van der Waals surface area contributed by atoms with Crippen LogP contribution in [0.4, 0.5) is 0 Å². The Bertz CT molecular complexity index is 48.5. The molecule has 0 rings (SSSR count). The summed E-state index contributed by atoms with van der Waals surface area (Å²) in [5, 5.41) is 8.22. The molecule has 0 fully saturated rings. The van der Waals surface area contributed by atoms with Gasteiger partial charge < -0.3 is 14.5 Å². The molecular weight excluding hydrogens is 127 g/mol. The van der Waals surface area contributed by atoms with Gasteiger partial charge in [-0.05, 0) is 6.42 Å². The lowest BCUT2D eigenvalue weighted by Crippen LogP contribution is -1.91. The first-order valence-corrected chi connectivity index (χ1v) is 4.09. The molecule has 1 atom stereocenters. The van der Waals surface area contributed by atoms with E-state index in [4.69, 9.17) is 14.5 Å². The largest absolute Gasteiger partial charge is 0.396 e. The van der Waals surface area contributed by atoms with Gasteiger partial charge in [0.2, 0.25) is 0 Å². The molecule has 0 aromatic carbocycles. The summed E-state index contributed by atoms with van der Waals surface area (Å²) in [6.07, 6.45) is 0.604. The minimum atomic E-state index is -1.22. The molecule has 0 radical (unpaired) electrons. The lowest BCUT2D eigenvalue weighted by atomic mass is 10.5. The van der Waals surface area contributed by atoms with Gasteiger partial charge in [0.25, 0.3) is 0 Å². The Morgan fingerprint density at radius 1 is 1.62 bits per heavy atom. The van der Waals surface area contributed by atoms with E-state index in [2.05, 4.69) is 0 Å². The van der Waals surface area contributed by atoms with Crippen molar-refractivity contribution in [2.45, 2.75) is 6.42 Å². The quantitative estimate of drug-likeness (QED) is 0.434. The van der Waals surface area contributed by atoms with Crippen LogP contribution >= 0.6 is 8.38 Å². The lowest BCUT2D eigenvalue weighted by Gasteiger charge is -2.02. The highest BCUT2D eigenvalue weighted by molar-refractivity contribution is 7.45. The first kappa shape index (κ1) is 8.31. The van der Waals surface area contributed by atoms with E-state index in [1.807, 2.05) is 0 Å². The minimum absolute atomic E-state index is 0.128. The van der Waals surface area contributed by atoms with Crippen LogP contribution in [0.3, 0.4) is 0 Å². The van der Waals surface area contributed by atoms with E-state index in [1.54, 1.807) is 6.66 Å². The molecule has 1 unspecified atom stereocenters. The van der Waals surface area contributed by atoms with Gasteiger partial charge in [-0.15, -0.1) is 0 Å². The second-order valence-corrected chi connectivity index (χ2v) is 2.56. The summed E-state index contributed by atoms with van der Waals surface area (Å²) in [6, 6.07) is 0. The van der Waals surface area contributed by atoms with Crippen molar-refractivity contribution in [1.29, 1.82) is 0 Å². The van der Waals surface area contributed by atoms with Gasteiger partial charge in [0, 0.05) is 13.3 Å². The Kier molecular flexibility index (Phi) is 5.66. The van der Waals surface area contributed by atoms with E-state index in [-0.39, 0.29) is 6.61 Å². The average molecular weight is 138 g/mol. The molecular formula is C4H11O3P. The van der Waals surface area contributed by atoms with Crippen LogP contribution in [-0.4, -0.2) is 29.9 Å². The van der Waals surface area contributed by atoms with Crippen molar-refractivity contribution >= 4 is 8.38 Å². The van der Waals surface area contributed by atoms with Crippen molar-refractivity contribution in [3.05, 3.63) is 0 Å². The van der Waals surface area contributed by atoms with Gasteiger partial charge in [0.15, 0.2) is 8.38 Å². The van der Waals surface area contributed by atoms with Crippen LogP contribution in [0.5, 0.6) is 0 Å². The van der Waals surface area contributed by atoms with Crippen LogP contribution in [0.15, 0.2) is 0 Å². The van der Waals surface area contributed by atoms with Crippen LogP contribution in [0, 0.1) is 0 Å². The van der Waals surface area contributed by atoms with E-state index in [9.17, 15) is 0 Å². The molecule has 2 N–H and O–H groups in total. The molecule has 3 nitrogen and oxygen atoms in total. The molecule has 0 spiro atoms. The third kappa shape index (κ3) is 6.31. The van der Waals surface area contributed by atoms with Crippen molar-refractivity contribution in [1.82, 2.24) is 0 Å². The summed E-state index contributed by atoms with van der Waals surface area (Å²) < 4.78 is 4.74. The molecule has 8 heavy (non-hydrogen) atoms. The number of hydrogen-bond acceptors (Lipinski definition) is 3. The fourth-order valence-electron chi connectivity index (χ4n) is 0.261. The highest BCUT2D eigenvalue weighted by Gasteiger charge is 1.92. The van der Waals surface area contributed by atoms with Crippen LogP contribution in [0.2, 0.25) is 0 Å². The Hall–Kier alpha value is 0.310. The van der Waals surface area contributed by atoms with Crippen molar-refractivity contribution < 1.29 is 14.5 Å². The monoisotopic (exact) mass is 138 g/mol. The maximum absolute atomic E-state index is 8.54. The molecule has 0 bridgehead atoms. The summed E-state index contributed by atoms with van der Waals surface area (Å²) in [5.74, 6) is 0. The van der Waals surface area contributed by atoms with Gasteiger partial charge in [0.1, 0.15) is 0 Å². The van der Waals surface area contributed by atoms with E-state index < -0.39 is 8.38 Å². The zero-order chi connectivity index (χ0) is 6.41. The lowest BCUT2D eigenvalue weighted by molar-refractivity contribution is 0.234. The van der Waals surface area contributed by atoms with E-state index >= 15 is 0 Å². The van der Waals surface area contributed by atoms with Gasteiger partial charge in [0.05, 0.1) is 6.61 Å². The summed E-state index contributed by atoms with van der Waals surface area (Å²) >= 11 is 0. The van der Waals surface area contributed by atoms with Crippen LogP contribution in [0.1, 0.15) is 6.42 Å². The molecule has 0 heterocycles. The number of aliphatic hydroxyl groups excluding tert-OH is 1. The Morgan fingerprint density at radius 2 is 2.25 bits per heavy atom. The molecule has 0 aliphatic heterocycles. The zero-order valence-electron chi connectivity index (χ0n) is 4.87. The third-order valence-corrected chi connectivity index (χ3v) is 1.14. The molecule has 0 aromatic heterocycles. The van der Waals surface area contributed by atoms with Crippen LogP contribution in [0.25, 0.3) is 0 Å². The fraction of sp³-hybridized carbons (Fsp3) is 1.00. The molecule has 4 heteroatoms. The minimum Gasteiger partial charge on any atom is -0.396 e. The summed E-state index contributed by atoms with van der Waals surface area (Å²) in [5.41, 5.74) is 0. The topological polar surface area (TPSA) is 49.7 Å². The number of aliphatic hydroxyl groups is 1. The van der Waals surface area contributed by atoms with Gasteiger partial charge >= 0.3 is 0 Å². The standard InChI is InChI=1S/C4H11O3P/c1-8(6)7-4-2-3-5/h5-6H,2-4H2,1H3. The Labute approximate surface area is 50.2 Å². The maximum Gasteiger partial charge on any atom is 0.164 e. The molecule has 0 saturated heterocycles.